The molecule has 0 N–H and O–H groups in total. The topological polar surface area (TPSA) is 65.4 Å². The van der Waals surface area contributed by atoms with E-state index in [1.807, 2.05) is 30.1 Å². The van der Waals surface area contributed by atoms with Gasteiger partial charge in [0.15, 0.2) is 0 Å². The SMILES string of the molecule is CC[C@@H](C(=O)[O-])N1C(=O)/C(=C\c2ccn(C)c2)SC1=S. The molecule has 1 aliphatic rings. The van der Waals surface area contributed by atoms with Crippen LogP contribution < -0.4 is 5.11 Å². The van der Waals surface area contributed by atoms with Crippen molar-refractivity contribution in [3.63, 3.8) is 0 Å². The Balaban J connectivity index is 2.29. The summed E-state index contributed by atoms with van der Waals surface area (Å²) in [6, 6.07) is 0.854. The van der Waals surface area contributed by atoms with Crippen LogP contribution in [0.25, 0.3) is 6.08 Å². The zero-order valence-electron chi connectivity index (χ0n) is 11.0. The van der Waals surface area contributed by atoms with E-state index in [1.54, 1.807) is 13.0 Å². The van der Waals surface area contributed by atoms with Gasteiger partial charge in [0, 0.05) is 19.4 Å². The second-order valence-corrected chi connectivity index (χ2v) is 6.08. The van der Waals surface area contributed by atoms with Gasteiger partial charge in [-0.3, -0.25) is 9.69 Å². The maximum absolute atomic E-state index is 12.3. The van der Waals surface area contributed by atoms with Crippen molar-refractivity contribution in [1.29, 1.82) is 0 Å². The number of aryl methyl sites for hydroxylation is 1. The largest absolute Gasteiger partial charge is 0.548 e. The molecule has 1 atom stereocenters. The Morgan fingerprint density at radius 3 is 2.80 bits per heavy atom. The number of nitrogens with zero attached hydrogens (tertiary/aromatic N) is 2. The van der Waals surface area contributed by atoms with Crippen molar-refractivity contribution in [2.75, 3.05) is 0 Å². The summed E-state index contributed by atoms with van der Waals surface area (Å²) in [6.07, 6.45) is 5.69. The Hall–Kier alpha value is -1.60. The first-order valence-electron chi connectivity index (χ1n) is 6.04. The number of thioether (sulfide) groups is 1. The average Bonchev–Trinajstić information content (AvgIpc) is 2.89. The van der Waals surface area contributed by atoms with Crippen LogP contribution in [0.1, 0.15) is 18.9 Å². The quantitative estimate of drug-likeness (QED) is 0.607. The molecule has 2 rings (SSSR count). The molecule has 1 aromatic heterocycles. The van der Waals surface area contributed by atoms with E-state index in [4.69, 9.17) is 12.2 Å². The molecule has 1 saturated heterocycles. The zero-order valence-corrected chi connectivity index (χ0v) is 12.7. The first kappa shape index (κ1) is 14.8. The standard InChI is InChI=1S/C13H14N2O3S2/c1-3-9(12(17)18)15-11(16)10(20-13(15)19)6-8-4-5-14(2)7-8/h4-7,9H,3H2,1-2H3,(H,17,18)/p-1/b10-6+/t9-/m0/s1. The van der Waals surface area contributed by atoms with Crippen molar-refractivity contribution in [2.45, 2.75) is 19.4 Å². The molecule has 1 aliphatic heterocycles. The molecule has 5 nitrogen and oxygen atoms in total. The van der Waals surface area contributed by atoms with E-state index in [0.29, 0.717) is 4.91 Å². The molecule has 106 valence electrons. The molecule has 0 spiro atoms. The first-order chi connectivity index (χ1) is 9.43. The van der Waals surface area contributed by atoms with Gasteiger partial charge in [-0.15, -0.1) is 0 Å². The van der Waals surface area contributed by atoms with Crippen LogP contribution in [0.5, 0.6) is 0 Å². The average molecular weight is 309 g/mol. The van der Waals surface area contributed by atoms with Crippen molar-refractivity contribution in [2.24, 2.45) is 7.05 Å². The number of rotatable bonds is 4. The van der Waals surface area contributed by atoms with E-state index in [0.717, 1.165) is 22.2 Å². The summed E-state index contributed by atoms with van der Waals surface area (Å²) < 4.78 is 2.12. The highest BCUT2D eigenvalue weighted by Gasteiger charge is 2.36. The number of aliphatic carboxylic acids is 1. The second kappa shape index (κ2) is 5.80. The van der Waals surface area contributed by atoms with Crippen molar-refractivity contribution < 1.29 is 14.7 Å². The number of carbonyl (C=O) groups excluding carboxylic acids is 2. The summed E-state index contributed by atoms with van der Waals surface area (Å²) in [4.78, 5) is 24.9. The summed E-state index contributed by atoms with van der Waals surface area (Å²) in [6.45, 7) is 1.68. The minimum absolute atomic E-state index is 0.257. The molecular formula is C13H13N2O3S2-. The van der Waals surface area contributed by atoms with E-state index >= 15 is 0 Å². The Labute approximate surface area is 126 Å². The van der Waals surface area contributed by atoms with Gasteiger partial charge in [0.1, 0.15) is 4.32 Å². The Morgan fingerprint density at radius 2 is 2.30 bits per heavy atom. The molecule has 7 heteroatoms. The highest BCUT2D eigenvalue weighted by atomic mass is 32.2. The van der Waals surface area contributed by atoms with Crippen LogP contribution in [-0.2, 0) is 16.6 Å². The molecule has 20 heavy (non-hydrogen) atoms. The third kappa shape index (κ3) is 2.78. The van der Waals surface area contributed by atoms with Crippen LogP contribution in [0.4, 0.5) is 0 Å². The molecule has 0 saturated carbocycles. The zero-order chi connectivity index (χ0) is 14.9. The monoisotopic (exact) mass is 309 g/mol. The third-order valence-electron chi connectivity index (χ3n) is 2.95. The van der Waals surface area contributed by atoms with E-state index in [-0.39, 0.29) is 16.6 Å². The van der Waals surface area contributed by atoms with Crippen LogP contribution in [0.15, 0.2) is 23.4 Å². The normalized spacial score (nSPS) is 18.9. The Kier molecular flexibility index (Phi) is 4.29. The summed E-state index contributed by atoms with van der Waals surface area (Å²) >= 11 is 6.22. The highest BCUT2D eigenvalue weighted by molar-refractivity contribution is 8.26. The van der Waals surface area contributed by atoms with Gasteiger partial charge in [0.2, 0.25) is 0 Å². The summed E-state index contributed by atoms with van der Waals surface area (Å²) in [5.41, 5.74) is 0.870. The van der Waals surface area contributed by atoms with Crippen LogP contribution in [0.2, 0.25) is 0 Å². The van der Waals surface area contributed by atoms with Gasteiger partial charge in [-0.1, -0.05) is 30.9 Å². The van der Waals surface area contributed by atoms with E-state index in [1.165, 1.54) is 0 Å². The summed E-state index contributed by atoms with van der Waals surface area (Å²) in [5.74, 6) is -1.66. The van der Waals surface area contributed by atoms with Crippen molar-refractivity contribution in [3.8, 4) is 0 Å². The predicted octanol–water partition coefficient (Wildman–Crippen LogP) is 0.755. The number of aromatic nitrogens is 1. The van der Waals surface area contributed by atoms with Gasteiger partial charge in [0.25, 0.3) is 5.91 Å². The lowest BCUT2D eigenvalue weighted by Gasteiger charge is -2.26. The van der Waals surface area contributed by atoms with Gasteiger partial charge in [-0.05, 0) is 24.1 Å². The highest BCUT2D eigenvalue weighted by Crippen LogP contribution is 2.34. The van der Waals surface area contributed by atoms with Gasteiger partial charge >= 0.3 is 0 Å². The predicted molar refractivity (Wildman–Crippen MR) is 79.5 cm³/mol. The second-order valence-electron chi connectivity index (χ2n) is 4.41. The fraction of sp³-hybridized carbons (Fsp3) is 0.308. The number of amides is 1. The molecule has 0 aliphatic carbocycles. The van der Waals surface area contributed by atoms with Crippen molar-refractivity contribution >= 4 is 46.3 Å². The smallest absolute Gasteiger partial charge is 0.266 e. The van der Waals surface area contributed by atoms with Crippen LogP contribution in [-0.4, -0.2) is 31.7 Å². The van der Waals surface area contributed by atoms with Gasteiger partial charge in [-0.2, -0.15) is 0 Å². The van der Waals surface area contributed by atoms with Crippen LogP contribution in [0, 0.1) is 0 Å². The van der Waals surface area contributed by atoms with Crippen LogP contribution in [0.3, 0.4) is 0 Å². The number of carbonyl (C=O) groups is 2. The minimum Gasteiger partial charge on any atom is -0.548 e. The Bertz CT molecular complexity index is 607. The van der Waals surface area contributed by atoms with Gasteiger partial charge in [0.05, 0.1) is 16.9 Å². The fourth-order valence-electron chi connectivity index (χ4n) is 1.96. The minimum atomic E-state index is -1.29. The van der Waals surface area contributed by atoms with E-state index < -0.39 is 12.0 Å². The number of hydrogen-bond donors (Lipinski definition) is 0. The van der Waals surface area contributed by atoms with E-state index in [9.17, 15) is 14.7 Å². The molecule has 0 bridgehead atoms. The van der Waals surface area contributed by atoms with E-state index in [2.05, 4.69) is 0 Å². The summed E-state index contributed by atoms with van der Waals surface area (Å²) in [5, 5.41) is 11.1. The maximum atomic E-state index is 12.3. The summed E-state index contributed by atoms with van der Waals surface area (Å²) in [7, 11) is 1.88. The number of carboxylic acid groups (broad SMARTS) is 1. The lowest BCUT2D eigenvalue weighted by atomic mass is 10.2. The van der Waals surface area contributed by atoms with Crippen LogP contribution >= 0.6 is 24.0 Å². The molecule has 2 heterocycles. The first-order valence-corrected chi connectivity index (χ1v) is 7.26. The molecule has 1 amide bonds. The van der Waals surface area contributed by atoms with Gasteiger partial charge < -0.3 is 14.5 Å². The maximum Gasteiger partial charge on any atom is 0.266 e. The lowest BCUT2D eigenvalue weighted by molar-refractivity contribution is -0.310. The molecule has 0 aromatic carbocycles. The number of carboxylic acids is 1. The molecule has 0 radical (unpaired) electrons. The van der Waals surface area contributed by atoms with Crippen molar-refractivity contribution in [1.82, 2.24) is 9.47 Å². The third-order valence-corrected chi connectivity index (χ3v) is 4.28. The molecule has 1 aromatic rings. The number of thiocarbonyl (C=S) groups is 1. The Morgan fingerprint density at radius 1 is 1.60 bits per heavy atom. The lowest BCUT2D eigenvalue weighted by Crippen LogP contribution is -2.49. The number of hydrogen-bond acceptors (Lipinski definition) is 5. The molecular weight excluding hydrogens is 296 g/mol. The fourth-order valence-corrected chi connectivity index (χ4v) is 3.32. The molecule has 0 unspecified atom stereocenters. The van der Waals surface area contributed by atoms with Gasteiger partial charge in [-0.25, -0.2) is 0 Å². The van der Waals surface area contributed by atoms with Crippen molar-refractivity contribution in [3.05, 3.63) is 28.9 Å². The molecule has 1 fully saturated rings.